The Balaban J connectivity index is 1.68. The second kappa shape index (κ2) is 6.43. The molecule has 22 heavy (non-hydrogen) atoms. The fourth-order valence-electron chi connectivity index (χ4n) is 3.80. The van der Waals surface area contributed by atoms with E-state index in [9.17, 15) is 0 Å². The minimum Gasteiger partial charge on any atom is -0.358 e. The lowest BCUT2D eigenvalue weighted by Crippen LogP contribution is -2.44. The molecule has 2 heterocycles. The Labute approximate surface area is 134 Å². The van der Waals surface area contributed by atoms with Crippen LogP contribution in [0.1, 0.15) is 28.8 Å². The van der Waals surface area contributed by atoms with E-state index in [1.165, 1.54) is 78.9 Å². The number of H-pyrrole nitrogens is 1. The van der Waals surface area contributed by atoms with Gasteiger partial charge in [-0.25, -0.2) is 0 Å². The molecule has 1 aliphatic rings. The molecule has 0 amide bonds. The van der Waals surface area contributed by atoms with E-state index in [-0.39, 0.29) is 0 Å². The maximum atomic E-state index is 3.58. The van der Waals surface area contributed by atoms with E-state index in [1.54, 1.807) is 0 Å². The van der Waals surface area contributed by atoms with Crippen molar-refractivity contribution >= 4 is 10.9 Å². The first kappa shape index (κ1) is 15.6. The van der Waals surface area contributed by atoms with Gasteiger partial charge in [0.25, 0.3) is 0 Å². The Morgan fingerprint density at radius 2 is 1.77 bits per heavy atom. The van der Waals surface area contributed by atoms with Crippen LogP contribution in [0.25, 0.3) is 10.9 Å². The maximum absolute atomic E-state index is 3.58. The van der Waals surface area contributed by atoms with Crippen LogP contribution in [0.5, 0.6) is 0 Å². The van der Waals surface area contributed by atoms with Gasteiger partial charge in [-0.05, 0) is 70.0 Å². The molecule has 120 valence electrons. The first-order valence-corrected chi connectivity index (χ1v) is 8.54. The van der Waals surface area contributed by atoms with Crippen LogP contribution in [-0.4, -0.2) is 54.6 Å². The van der Waals surface area contributed by atoms with Crippen molar-refractivity contribution < 1.29 is 0 Å². The molecule has 2 aromatic rings. The Morgan fingerprint density at radius 1 is 1.05 bits per heavy atom. The van der Waals surface area contributed by atoms with Crippen LogP contribution in [-0.2, 0) is 6.42 Å². The number of fused-ring (bicyclic) bond motifs is 1. The van der Waals surface area contributed by atoms with Crippen molar-refractivity contribution in [1.82, 2.24) is 14.8 Å². The summed E-state index contributed by atoms with van der Waals surface area (Å²) in [5.74, 6) is 0. The van der Waals surface area contributed by atoms with Crippen LogP contribution < -0.4 is 0 Å². The molecule has 1 saturated heterocycles. The lowest BCUT2D eigenvalue weighted by Gasteiger charge is -2.32. The van der Waals surface area contributed by atoms with Gasteiger partial charge >= 0.3 is 0 Å². The molecule has 3 heteroatoms. The Bertz CT molecular complexity index is 648. The van der Waals surface area contributed by atoms with Gasteiger partial charge in [-0.15, -0.1) is 0 Å². The predicted octanol–water partition coefficient (Wildman–Crippen LogP) is 3.27. The summed E-state index contributed by atoms with van der Waals surface area (Å²) in [6.07, 6.45) is 2.44. The van der Waals surface area contributed by atoms with E-state index >= 15 is 0 Å². The molecule has 0 radical (unpaired) electrons. The Morgan fingerprint density at radius 3 is 2.50 bits per heavy atom. The van der Waals surface area contributed by atoms with E-state index < -0.39 is 0 Å². The fourth-order valence-corrected chi connectivity index (χ4v) is 3.80. The molecule has 3 rings (SSSR count). The quantitative estimate of drug-likeness (QED) is 0.936. The number of benzene rings is 1. The number of aromatic nitrogens is 1. The minimum absolute atomic E-state index is 1.18. The highest BCUT2D eigenvalue weighted by Crippen LogP contribution is 2.27. The van der Waals surface area contributed by atoms with Gasteiger partial charge in [-0.2, -0.15) is 0 Å². The number of aryl methyl sites for hydroxylation is 4. The molecule has 0 spiro atoms. The van der Waals surface area contributed by atoms with Gasteiger partial charge in [0.1, 0.15) is 0 Å². The average Bonchev–Trinajstić information content (AvgIpc) is 2.77. The van der Waals surface area contributed by atoms with Gasteiger partial charge in [0.15, 0.2) is 0 Å². The third-order valence-electron chi connectivity index (χ3n) is 5.05. The summed E-state index contributed by atoms with van der Waals surface area (Å²) in [4.78, 5) is 8.62. The third kappa shape index (κ3) is 3.21. The number of hydrogen-bond donors (Lipinski definition) is 1. The van der Waals surface area contributed by atoms with Crippen molar-refractivity contribution in [2.24, 2.45) is 0 Å². The predicted molar refractivity (Wildman–Crippen MR) is 94.8 cm³/mol. The summed E-state index contributed by atoms with van der Waals surface area (Å²) in [6.45, 7) is 12.7. The van der Waals surface area contributed by atoms with Crippen molar-refractivity contribution in [3.8, 4) is 0 Å². The molecule has 1 fully saturated rings. The number of hydrogen-bond acceptors (Lipinski definition) is 2. The van der Waals surface area contributed by atoms with Crippen LogP contribution in [0.15, 0.2) is 12.1 Å². The highest BCUT2D eigenvalue weighted by molar-refractivity contribution is 5.88. The Kier molecular flexibility index (Phi) is 4.55. The first-order valence-electron chi connectivity index (χ1n) is 8.54. The summed E-state index contributed by atoms with van der Waals surface area (Å²) in [7, 11) is 2.22. The van der Waals surface area contributed by atoms with Gasteiger partial charge in [0, 0.05) is 42.8 Å². The van der Waals surface area contributed by atoms with E-state index in [0.717, 1.165) is 0 Å². The molecule has 1 aromatic carbocycles. The number of rotatable bonds is 4. The summed E-state index contributed by atoms with van der Waals surface area (Å²) in [5.41, 5.74) is 6.94. The molecule has 1 aromatic heterocycles. The molecule has 0 aliphatic carbocycles. The zero-order valence-electron chi connectivity index (χ0n) is 14.5. The SMILES string of the molecule is Cc1cc(C)c2c(CCCN3CCN(C)CC3)c(C)[nH]c2c1. The summed E-state index contributed by atoms with van der Waals surface area (Å²) < 4.78 is 0. The largest absolute Gasteiger partial charge is 0.358 e. The van der Waals surface area contributed by atoms with Crippen LogP contribution in [0.3, 0.4) is 0 Å². The van der Waals surface area contributed by atoms with E-state index in [4.69, 9.17) is 0 Å². The van der Waals surface area contributed by atoms with Gasteiger partial charge in [-0.1, -0.05) is 6.07 Å². The molecule has 1 N–H and O–H groups in total. The lowest BCUT2D eigenvalue weighted by atomic mass is 10.0. The summed E-state index contributed by atoms with van der Waals surface area (Å²) in [6, 6.07) is 4.58. The fraction of sp³-hybridized carbons (Fsp3) is 0.579. The van der Waals surface area contributed by atoms with Gasteiger partial charge in [-0.3, -0.25) is 0 Å². The molecular formula is C19H29N3. The Hall–Kier alpha value is -1.32. The van der Waals surface area contributed by atoms with Gasteiger partial charge in [0.2, 0.25) is 0 Å². The minimum atomic E-state index is 1.18. The van der Waals surface area contributed by atoms with Gasteiger partial charge < -0.3 is 14.8 Å². The second-order valence-corrected chi connectivity index (χ2v) is 6.98. The van der Waals surface area contributed by atoms with Crippen molar-refractivity contribution in [1.29, 1.82) is 0 Å². The van der Waals surface area contributed by atoms with Crippen LogP contribution in [0.4, 0.5) is 0 Å². The van der Waals surface area contributed by atoms with E-state index in [0.29, 0.717) is 0 Å². The van der Waals surface area contributed by atoms with E-state index in [2.05, 4.69) is 54.7 Å². The standard InChI is InChI=1S/C19H29N3/c1-14-12-15(2)19-17(16(3)20-18(19)13-14)6-5-7-22-10-8-21(4)9-11-22/h12-13,20H,5-11H2,1-4H3. The molecule has 0 saturated carbocycles. The van der Waals surface area contributed by atoms with Crippen molar-refractivity contribution in [2.45, 2.75) is 33.6 Å². The highest BCUT2D eigenvalue weighted by atomic mass is 15.2. The molecule has 0 bridgehead atoms. The topological polar surface area (TPSA) is 22.3 Å². The van der Waals surface area contributed by atoms with Crippen molar-refractivity contribution in [3.63, 3.8) is 0 Å². The van der Waals surface area contributed by atoms with Crippen LogP contribution in [0, 0.1) is 20.8 Å². The normalized spacial score (nSPS) is 17.5. The first-order chi connectivity index (χ1) is 10.5. The molecule has 1 aliphatic heterocycles. The van der Waals surface area contributed by atoms with Gasteiger partial charge in [0.05, 0.1) is 0 Å². The zero-order chi connectivity index (χ0) is 15.7. The number of likely N-dealkylation sites (N-methyl/N-ethyl adjacent to an activating group) is 1. The zero-order valence-corrected chi connectivity index (χ0v) is 14.5. The van der Waals surface area contributed by atoms with Crippen LogP contribution >= 0.6 is 0 Å². The maximum Gasteiger partial charge on any atom is 0.0464 e. The molecular weight excluding hydrogens is 270 g/mol. The van der Waals surface area contributed by atoms with Crippen LogP contribution in [0.2, 0.25) is 0 Å². The monoisotopic (exact) mass is 299 g/mol. The van der Waals surface area contributed by atoms with Crippen molar-refractivity contribution in [2.75, 3.05) is 39.8 Å². The summed E-state index contributed by atoms with van der Waals surface area (Å²) >= 11 is 0. The lowest BCUT2D eigenvalue weighted by molar-refractivity contribution is 0.153. The number of aromatic amines is 1. The summed E-state index contributed by atoms with van der Waals surface area (Å²) in [5, 5.41) is 1.46. The number of piperazine rings is 1. The molecule has 0 atom stereocenters. The molecule has 0 unspecified atom stereocenters. The molecule has 3 nitrogen and oxygen atoms in total. The van der Waals surface area contributed by atoms with E-state index in [1.807, 2.05) is 0 Å². The second-order valence-electron chi connectivity index (χ2n) is 6.98. The smallest absolute Gasteiger partial charge is 0.0464 e. The highest BCUT2D eigenvalue weighted by Gasteiger charge is 2.15. The third-order valence-corrected chi connectivity index (χ3v) is 5.05. The average molecular weight is 299 g/mol. The van der Waals surface area contributed by atoms with Crippen molar-refractivity contribution in [3.05, 3.63) is 34.5 Å². The number of nitrogens with one attached hydrogen (secondary N) is 1. The number of nitrogens with zero attached hydrogens (tertiary/aromatic N) is 2.